The summed E-state index contributed by atoms with van der Waals surface area (Å²) in [6.07, 6.45) is 6.30. The summed E-state index contributed by atoms with van der Waals surface area (Å²) in [6.45, 7) is 3.45. The van der Waals surface area contributed by atoms with Crippen molar-refractivity contribution in [2.45, 2.75) is 39.4 Å². The molecule has 2 N–H and O–H groups in total. The molecule has 1 aliphatic rings. The van der Waals surface area contributed by atoms with Gasteiger partial charge in [-0.2, -0.15) is 0 Å². The molecule has 4 aromatic rings. The lowest BCUT2D eigenvalue weighted by molar-refractivity contribution is 0.0950. The molecule has 0 aliphatic heterocycles. The minimum atomic E-state index is -0.300. The third kappa shape index (κ3) is 6.22. The summed E-state index contributed by atoms with van der Waals surface area (Å²) in [4.78, 5) is 13.4. The summed E-state index contributed by atoms with van der Waals surface area (Å²) in [6, 6.07) is 15.8. The highest BCUT2D eigenvalue weighted by Gasteiger charge is 2.22. The monoisotopic (exact) mass is 528 g/mol. The third-order valence-electron chi connectivity index (χ3n) is 7.09. The average Bonchev–Trinajstić information content (AvgIpc) is 3.70. The van der Waals surface area contributed by atoms with Crippen LogP contribution in [0.4, 0.5) is 4.39 Å². The first-order valence-corrected chi connectivity index (χ1v) is 13.0. The van der Waals surface area contributed by atoms with E-state index in [0.717, 1.165) is 34.4 Å². The Bertz CT molecular complexity index is 1550. The SMILES string of the molecule is COc1cc(CNC(=O)c2cc(Cn3ccn(CC4CC4)c3=N)cc(-c3ccc(F)cc3C)c2)cc(OC)c1. The second-order valence-electron chi connectivity index (χ2n) is 10.1. The van der Waals surface area contributed by atoms with Crippen LogP contribution in [0.5, 0.6) is 11.5 Å². The van der Waals surface area contributed by atoms with Crippen LogP contribution < -0.4 is 20.4 Å². The van der Waals surface area contributed by atoms with Crippen LogP contribution in [0.3, 0.4) is 0 Å². The van der Waals surface area contributed by atoms with E-state index in [1.54, 1.807) is 26.4 Å². The molecule has 0 bridgehead atoms. The Morgan fingerprint density at radius 3 is 2.36 bits per heavy atom. The number of methoxy groups -OCH3 is 2. The first-order valence-electron chi connectivity index (χ1n) is 13.0. The van der Waals surface area contributed by atoms with Gasteiger partial charge < -0.3 is 23.9 Å². The number of ether oxygens (including phenoxy) is 2. The lowest BCUT2D eigenvalue weighted by Crippen LogP contribution is -2.26. The Labute approximate surface area is 227 Å². The molecule has 3 aromatic carbocycles. The van der Waals surface area contributed by atoms with Crippen LogP contribution in [0.1, 0.15) is 39.9 Å². The second-order valence-corrected chi connectivity index (χ2v) is 10.1. The Kier molecular flexibility index (Phi) is 7.54. The molecule has 202 valence electrons. The number of carbonyl (C=O) groups is 1. The van der Waals surface area contributed by atoms with Crippen LogP contribution in [0.15, 0.2) is 67.0 Å². The zero-order chi connectivity index (χ0) is 27.5. The van der Waals surface area contributed by atoms with Gasteiger partial charge in [0.1, 0.15) is 17.3 Å². The van der Waals surface area contributed by atoms with E-state index in [9.17, 15) is 9.18 Å². The Morgan fingerprint density at radius 1 is 0.974 bits per heavy atom. The molecule has 1 amide bonds. The molecule has 5 rings (SSSR count). The summed E-state index contributed by atoms with van der Waals surface area (Å²) in [7, 11) is 3.17. The molecule has 0 unspecified atom stereocenters. The molecular formula is C31H33FN4O3. The van der Waals surface area contributed by atoms with E-state index in [4.69, 9.17) is 14.9 Å². The Morgan fingerprint density at radius 2 is 1.69 bits per heavy atom. The van der Waals surface area contributed by atoms with Gasteiger partial charge in [0, 0.05) is 37.1 Å². The first kappa shape index (κ1) is 26.3. The van der Waals surface area contributed by atoms with E-state index in [-0.39, 0.29) is 18.3 Å². The lowest BCUT2D eigenvalue weighted by Gasteiger charge is -2.14. The van der Waals surface area contributed by atoms with Crippen molar-refractivity contribution in [3.63, 3.8) is 0 Å². The molecule has 0 spiro atoms. The molecule has 1 heterocycles. The van der Waals surface area contributed by atoms with Crippen LogP contribution in [0.25, 0.3) is 11.1 Å². The van der Waals surface area contributed by atoms with Gasteiger partial charge in [-0.05, 0) is 96.0 Å². The van der Waals surface area contributed by atoms with Crippen LogP contribution in [-0.4, -0.2) is 29.3 Å². The molecule has 8 heteroatoms. The van der Waals surface area contributed by atoms with Crippen molar-refractivity contribution in [2.75, 3.05) is 14.2 Å². The Hall–Kier alpha value is -4.33. The highest BCUT2D eigenvalue weighted by atomic mass is 19.1. The second kappa shape index (κ2) is 11.2. The maximum Gasteiger partial charge on any atom is 0.251 e. The maximum absolute atomic E-state index is 13.8. The highest BCUT2D eigenvalue weighted by molar-refractivity contribution is 5.95. The largest absolute Gasteiger partial charge is 0.497 e. The van der Waals surface area contributed by atoms with Crippen LogP contribution >= 0.6 is 0 Å². The van der Waals surface area contributed by atoms with Crippen molar-refractivity contribution < 1.29 is 18.7 Å². The van der Waals surface area contributed by atoms with Crippen molar-refractivity contribution in [2.24, 2.45) is 5.92 Å². The lowest BCUT2D eigenvalue weighted by atomic mass is 9.96. The van der Waals surface area contributed by atoms with Gasteiger partial charge >= 0.3 is 0 Å². The number of aryl methyl sites for hydroxylation is 1. The molecule has 1 aromatic heterocycles. The molecule has 0 radical (unpaired) electrons. The van der Waals surface area contributed by atoms with Crippen molar-refractivity contribution in [3.05, 3.63) is 101 Å². The number of nitrogens with zero attached hydrogens (tertiary/aromatic N) is 2. The standard InChI is InChI=1S/C31H33FN4O3/c1-20-10-26(32)6-7-29(20)24-11-23(19-36-9-8-35(31(36)33)18-21-4-5-21)12-25(15-24)30(37)34-17-22-13-27(38-2)16-28(14-22)39-3/h6-16,21,33H,4-5,17-19H2,1-3H3,(H,34,37). The summed E-state index contributed by atoms with van der Waals surface area (Å²) in [5, 5.41) is 11.6. The summed E-state index contributed by atoms with van der Waals surface area (Å²) in [5.74, 6) is 1.42. The van der Waals surface area contributed by atoms with Gasteiger partial charge in [0.05, 0.1) is 20.8 Å². The number of aromatic nitrogens is 2. The number of benzene rings is 3. The number of carbonyl (C=O) groups excluding carboxylic acids is 1. The average molecular weight is 529 g/mol. The van der Waals surface area contributed by atoms with Gasteiger partial charge in [-0.15, -0.1) is 0 Å². The minimum absolute atomic E-state index is 0.234. The molecule has 0 atom stereocenters. The van der Waals surface area contributed by atoms with Gasteiger partial charge in [0.25, 0.3) is 5.91 Å². The van der Waals surface area contributed by atoms with Gasteiger partial charge in [0.15, 0.2) is 0 Å². The summed E-state index contributed by atoms with van der Waals surface area (Å²) >= 11 is 0. The van der Waals surface area contributed by atoms with Crippen molar-refractivity contribution in [1.29, 1.82) is 5.41 Å². The maximum atomic E-state index is 13.8. The third-order valence-corrected chi connectivity index (χ3v) is 7.09. The fraction of sp³-hybridized carbons (Fsp3) is 0.290. The Balaban J connectivity index is 1.44. The highest BCUT2D eigenvalue weighted by Crippen LogP contribution is 2.30. The summed E-state index contributed by atoms with van der Waals surface area (Å²) < 4.78 is 28.4. The van der Waals surface area contributed by atoms with E-state index in [1.165, 1.54) is 25.0 Å². The number of hydrogen-bond donors (Lipinski definition) is 2. The zero-order valence-electron chi connectivity index (χ0n) is 22.5. The molecule has 1 fully saturated rings. The minimum Gasteiger partial charge on any atom is -0.497 e. The molecule has 1 saturated carbocycles. The molecule has 7 nitrogen and oxygen atoms in total. The first-order chi connectivity index (χ1) is 18.8. The topological polar surface area (TPSA) is 81.3 Å². The number of imidazole rings is 1. The fourth-order valence-electron chi connectivity index (χ4n) is 4.79. The number of amides is 1. The number of hydrogen-bond acceptors (Lipinski definition) is 4. The van der Waals surface area contributed by atoms with Crippen LogP contribution in [0.2, 0.25) is 0 Å². The smallest absolute Gasteiger partial charge is 0.251 e. The van der Waals surface area contributed by atoms with Crippen molar-refractivity contribution in [1.82, 2.24) is 14.5 Å². The van der Waals surface area contributed by atoms with Crippen molar-refractivity contribution >= 4 is 5.91 Å². The quantitative estimate of drug-likeness (QED) is 0.294. The van der Waals surface area contributed by atoms with Gasteiger partial charge in [-0.25, -0.2) is 4.39 Å². The summed E-state index contributed by atoms with van der Waals surface area (Å²) in [5.41, 5.74) is 5.11. The van der Waals surface area contributed by atoms with E-state index in [1.807, 2.05) is 58.8 Å². The van der Waals surface area contributed by atoms with Crippen LogP contribution in [0, 0.1) is 24.1 Å². The van der Waals surface area contributed by atoms with E-state index < -0.39 is 0 Å². The molecular weight excluding hydrogens is 495 g/mol. The number of nitrogens with one attached hydrogen (secondary N) is 2. The predicted octanol–water partition coefficient (Wildman–Crippen LogP) is 5.29. The molecule has 39 heavy (non-hydrogen) atoms. The van der Waals surface area contributed by atoms with E-state index >= 15 is 0 Å². The number of halogens is 1. The van der Waals surface area contributed by atoms with E-state index in [2.05, 4.69) is 5.32 Å². The molecule has 0 saturated heterocycles. The predicted molar refractivity (Wildman–Crippen MR) is 147 cm³/mol. The van der Waals surface area contributed by atoms with Gasteiger partial charge in [0.2, 0.25) is 5.62 Å². The van der Waals surface area contributed by atoms with Crippen molar-refractivity contribution in [3.8, 4) is 22.6 Å². The fourth-order valence-corrected chi connectivity index (χ4v) is 4.79. The van der Waals surface area contributed by atoms with Gasteiger partial charge in [-0.1, -0.05) is 6.07 Å². The van der Waals surface area contributed by atoms with Crippen LogP contribution in [-0.2, 0) is 19.6 Å². The van der Waals surface area contributed by atoms with E-state index in [0.29, 0.717) is 35.1 Å². The molecule has 1 aliphatic carbocycles. The number of rotatable bonds is 10. The zero-order valence-corrected chi connectivity index (χ0v) is 22.5. The van der Waals surface area contributed by atoms with Gasteiger partial charge in [-0.3, -0.25) is 10.2 Å². The normalized spacial score (nSPS) is 12.8.